The van der Waals surface area contributed by atoms with Crippen LogP contribution in [0.2, 0.25) is 0 Å². The third-order valence-electron chi connectivity index (χ3n) is 2.87. The minimum atomic E-state index is -0.180. The van der Waals surface area contributed by atoms with Gasteiger partial charge in [-0.25, -0.2) is 4.98 Å². The van der Waals surface area contributed by atoms with Gasteiger partial charge in [0.1, 0.15) is 5.82 Å². The maximum atomic E-state index is 12.1. The van der Waals surface area contributed by atoms with E-state index >= 15 is 0 Å². The topological polar surface area (TPSA) is 68.0 Å². The zero-order chi connectivity index (χ0) is 14.0. The Morgan fingerprint density at radius 2 is 1.89 bits per heavy atom. The molecule has 0 spiro atoms. The number of aromatic nitrogens is 1. The summed E-state index contributed by atoms with van der Waals surface area (Å²) in [4.78, 5) is 16.4. The maximum absolute atomic E-state index is 12.1. The predicted molar refractivity (Wildman–Crippen MR) is 77.3 cm³/mol. The average Bonchev–Trinajstić information content (AvgIpc) is 2.31. The molecule has 0 saturated heterocycles. The van der Waals surface area contributed by atoms with Crippen LogP contribution in [0.15, 0.2) is 30.3 Å². The third kappa shape index (κ3) is 3.10. The van der Waals surface area contributed by atoms with Crippen LogP contribution in [0.4, 0.5) is 11.5 Å². The van der Waals surface area contributed by atoms with Gasteiger partial charge in [-0.15, -0.1) is 0 Å². The summed E-state index contributed by atoms with van der Waals surface area (Å²) in [7, 11) is 0. The Morgan fingerprint density at radius 3 is 2.53 bits per heavy atom. The van der Waals surface area contributed by atoms with Crippen molar-refractivity contribution in [3.63, 3.8) is 0 Å². The van der Waals surface area contributed by atoms with Crippen molar-refractivity contribution in [2.45, 2.75) is 20.8 Å². The summed E-state index contributed by atoms with van der Waals surface area (Å²) in [6.07, 6.45) is 0. The van der Waals surface area contributed by atoms with E-state index in [-0.39, 0.29) is 5.91 Å². The summed E-state index contributed by atoms with van der Waals surface area (Å²) in [5.74, 6) is 0.387. The fraction of sp³-hybridized carbons (Fsp3) is 0.200. The van der Waals surface area contributed by atoms with Gasteiger partial charge in [0, 0.05) is 16.9 Å². The number of carbonyl (C=O) groups excluding carboxylic acids is 1. The van der Waals surface area contributed by atoms with E-state index in [1.165, 1.54) is 0 Å². The van der Waals surface area contributed by atoms with Crippen molar-refractivity contribution < 1.29 is 4.79 Å². The Kier molecular flexibility index (Phi) is 3.51. The molecule has 1 amide bonds. The number of nitrogens with zero attached hydrogens (tertiary/aromatic N) is 1. The SMILES string of the molecule is Cc1cc(C)nc(NC(=O)c2ccc(N)c(C)c2)c1. The first kappa shape index (κ1) is 13.1. The number of aryl methyl sites for hydroxylation is 3. The number of hydrogen-bond acceptors (Lipinski definition) is 3. The summed E-state index contributed by atoms with van der Waals surface area (Å²) < 4.78 is 0. The van der Waals surface area contributed by atoms with Crippen LogP contribution in [0.1, 0.15) is 27.2 Å². The largest absolute Gasteiger partial charge is 0.399 e. The lowest BCUT2D eigenvalue weighted by Gasteiger charge is -2.08. The zero-order valence-corrected chi connectivity index (χ0v) is 11.3. The molecule has 0 saturated carbocycles. The van der Waals surface area contributed by atoms with Crippen molar-refractivity contribution in [3.05, 3.63) is 52.7 Å². The molecule has 0 unspecified atom stereocenters. The van der Waals surface area contributed by atoms with Crippen LogP contribution in [0.3, 0.4) is 0 Å². The van der Waals surface area contributed by atoms with E-state index in [1.54, 1.807) is 18.2 Å². The molecule has 0 radical (unpaired) electrons. The van der Waals surface area contributed by atoms with E-state index in [0.29, 0.717) is 17.1 Å². The Labute approximate surface area is 112 Å². The van der Waals surface area contributed by atoms with Crippen LogP contribution in [0, 0.1) is 20.8 Å². The molecular formula is C15H17N3O. The zero-order valence-electron chi connectivity index (χ0n) is 11.3. The van der Waals surface area contributed by atoms with Crippen molar-refractivity contribution >= 4 is 17.4 Å². The van der Waals surface area contributed by atoms with Crippen molar-refractivity contribution in [1.82, 2.24) is 4.98 Å². The number of amides is 1. The third-order valence-corrected chi connectivity index (χ3v) is 2.87. The lowest BCUT2D eigenvalue weighted by molar-refractivity contribution is 0.102. The molecule has 1 heterocycles. The van der Waals surface area contributed by atoms with Crippen LogP contribution >= 0.6 is 0 Å². The van der Waals surface area contributed by atoms with Crippen LogP contribution in [-0.4, -0.2) is 10.9 Å². The minimum absolute atomic E-state index is 0.180. The highest BCUT2D eigenvalue weighted by Crippen LogP contribution is 2.15. The van der Waals surface area contributed by atoms with E-state index in [9.17, 15) is 4.79 Å². The number of rotatable bonds is 2. The number of benzene rings is 1. The Morgan fingerprint density at radius 1 is 1.16 bits per heavy atom. The first-order chi connectivity index (χ1) is 8.95. The van der Waals surface area contributed by atoms with Crippen LogP contribution in [0.5, 0.6) is 0 Å². The van der Waals surface area contributed by atoms with Gasteiger partial charge < -0.3 is 11.1 Å². The molecule has 2 aromatic rings. The highest BCUT2D eigenvalue weighted by molar-refractivity contribution is 6.04. The Bertz CT molecular complexity index is 615. The van der Waals surface area contributed by atoms with Crippen LogP contribution in [0.25, 0.3) is 0 Å². The second-order valence-corrected chi connectivity index (χ2v) is 4.70. The number of nitrogen functional groups attached to an aromatic ring is 1. The molecule has 1 aromatic heterocycles. The highest BCUT2D eigenvalue weighted by atomic mass is 16.1. The molecule has 3 N–H and O–H groups in total. The van der Waals surface area contributed by atoms with Gasteiger partial charge in [0.25, 0.3) is 5.91 Å². The van der Waals surface area contributed by atoms with Gasteiger partial charge in [0.15, 0.2) is 0 Å². The van der Waals surface area contributed by atoms with Gasteiger partial charge in [-0.05, 0) is 62.2 Å². The molecule has 0 bridgehead atoms. The summed E-state index contributed by atoms with van der Waals surface area (Å²) >= 11 is 0. The lowest BCUT2D eigenvalue weighted by atomic mass is 10.1. The monoisotopic (exact) mass is 255 g/mol. The maximum Gasteiger partial charge on any atom is 0.256 e. The molecule has 0 aliphatic heterocycles. The lowest BCUT2D eigenvalue weighted by Crippen LogP contribution is -2.13. The number of hydrogen-bond donors (Lipinski definition) is 2. The highest BCUT2D eigenvalue weighted by Gasteiger charge is 2.08. The van der Waals surface area contributed by atoms with Crippen molar-refractivity contribution in [2.24, 2.45) is 0 Å². The van der Waals surface area contributed by atoms with E-state index in [2.05, 4.69) is 10.3 Å². The summed E-state index contributed by atoms with van der Waals surface area (Å²) in [6, 6.07) is 9.02. The quantitative estimate of drug-likeness (QED) is 0.811. The number of nitrogens with one attached hydrogen (secondary N) is 1. The van der Waals surface area contributed by atoms with Crippen molar-refractivity contribution in [2.75, 3.05) is 11.1 Å². The number of nitrogens with two attached hydrogens (primary N) is 1. The van der Waals surface area contributed by atoms with E-state index in [4.69, 9.17) is 5.73 Å². The number of anilines is 2. The second kappa shape index (κ2) is 5.10. The Hall–Kier alpha value is -2.36. The Balaban J connectivity index is 2.22. The molecule has 19 heavy (non-hydrogen) atoms. The molecule has 0 aliphatic rings. The molecule has 98 valence electrons. The molecule has 2 rings (SSSR count). The normalized spacial score (nSPS) is 10.3. The fourth-order valence-electron chi connectivity index (χ4n) is 1.91. The van der Waals surface area contributed by atoms with Crippen molar-refractivity contribution in [3.8, 4) is 0 Å². The van der Waals surface area contributed by atoms with Crippen molar-refractivity contribution in [1.29, 1.82) is 0 Å². The predicted octanol–water partition coefficient (Wildman–Crippen LogP) is 2.84. The molecule has 4 heteroatoms. The van der Waals surface area contributed by atoms with Gasteiger partial charge in [0.2, 0.25) is 0 Å². The molecule has 1 aromatic carbocycles. The van der Waals surface area contributed by atoms with Gasteiger partial charge in [-0.3, -0.25) is 4.79 Å². The number of pyridine rings is 1. The van der Waals surface area contributed by atoms with Gasteiger partial charge in [-0.1, -0.05) is 0 Å². The first-order valence-electron chi connectivity index (χ1n) is 6.08. The molecule has 0 atom stereocenters. The average molecular weight is 255 g/mol. The standard InChI is InChI=1S/C15H17N3O/c1-9-6-11(3)17-14(7-9)18-15(19)12-4-5-13(16)10(2)8-12/h4-8H,16H2,1-3H3,(H,17,18,19). The number of carbonyl (C=O) groups is 1. The van der Waals surface area contributed by atoms with Gasteiger partial charge in [0.05, 0.1) is 0 Å². The molecule has 0 fully saturated rings. The summed E-state index contributed by atoms with van der Waals surface area (Å²) in [5.41, 5.74) is 9.83. The van der Waals surface area contributed by atoms with E-state index in [1.807, 2.05) is 32.9 Å². The fourth-order valence-corrected chi connectivity index (χ4v) is 1.91. The van der Waals surface area contributed by atoms with Crippen LogP contribution < -0.4 is 11.1 Å². The molecule has 4 nitrogen and oxygen atoms in total. The van der Waals surface area contributed by atoms with Gasteiger partial charge >= 0.3 is 0 Å². The summed E-state index contributed by atoms with van der Waals surface area (Å²) in [6.45, 7) is 5.74. The van der Waals surface area contributed by atoms with E-state index < -0.39 is 0 Å². The van der Waals surface area contributed by atoms with E-state index in [0.717, 1.165) is 16.8 Å². The first-order valence-corrected chi connectivity index (χ1v) is 6.08. The smallest absolute Gasteiger partial charge is 0.256 e. The molecular weight excluding hydrogens is 238 g/mol. The van der Waals surface area contributed by atoms with Crippen LogP contribution in [-0.2, 0) is 0 Å². The second-order valence-electron chi connectivity index (χ2n) is 4.70. The summed E-state index contributed by atoms with van der Waals surface area (Å²) in [5, 5.41) is 2.80. The van der Waals surface area contributed by atoms with Gasteiger partial charge in [-0.2, -0.15) is 0 Å². The minimum Gasteiger partial charge on any atom is -0.399 e. The molecule has 0 aliphatic carbocycles.